The fourth-order valence-electron chi connectivity index (χ4n) is 1.68. The van der Waals surface area contributed by atoms with Crippen molar-refractivity contribution in [2.75, 3.05) is 0 Å². The third-order valence-corrected chi connectivity index (χ3v) is 3.24. The van der Waals surface area contributed by atoms with Gasteiger partial charge in [-0.15, -0.1) is 0 Å². The van der Waals surface area contributed by atoms with Gasteiger partial charge < -0.3 is 10.3 Å². The van der Waals surface area contributed by atoms with Gasteiger partial charge in [0.1, 0.15) is 4.99 Å². The first-order chi connectivity index (χ1) is 8.58. The zero-order valence-electron chi connectivity index (χ0n) is 9.47. The molecule has 1 aromatic heterocycles. The molecule has 1 heterocycles. The van der Waals surface area contributed by atoms with E-state index in [-0.39, 0.29) is 10.5 Å². The number of thiocarbonyl (C=S) groups is 1. The van der Waals surface area contributed by atoms with Gasteiger partial charge in [-0.05, 0) is 29.8 Å². The van der Waals surface area contributed by atoms with E-state index in [1.807, 2.05) is 24.3 Å². The van der Waals surface area contributed by atoms with Crippen LogP contribution in [-0.2, 0) is 6.54 Å². The van der Waals surface area contributed by atoms with Crippen LogP contribution >= 0.6 is 28.1 Å². The number of pyridine rings is 1. The van der Waals surface area contributed by atoms with Crippen LogP contribution in [0.1, 0.15) is 11.1 Å². The van der Waals surface area contributed by atoms with Crippen molar-refractivity contribution in [3.05, 3.63) is 68.5 Å². The maximum atomic E-state index is 12.1. The normalized spacial score (nSPS) is 10.3. The number of halogens is 1. The van der Waals surface area contributed by atoms with Gasteiger partial charge in [0.05, 0.1) is 12.1 Å². The molecule has 0 saturated carbocycles. The van der Waals surface area contributed by atoms with Gasteiger partial charge in [0, 0.05) is 10.7 Å². The number of rotatable bonds is 3. The summed E-state index contributed by atoms with van der Waals surface area (Å²) < 4.78 is 2.58. The van der Waals surface area contributed by atoms with E-state index >= 15 is 0 Å². The summed E-state index contributed by atoms with van der Waals surface area (Å²) in [5, 5.41) is 0. The molecular formula is C13H11BrN2OS. The van der Waals surface area contributed by atoms with Gasteiger partial charge in [-0.1, -0.05) is 40.3 Å². The number of aromatic nitrogens is 1. The highest BCUT2D eigenvalue weighted by molar-refractivity contribution is 9.10. The highest BCUT2D eigenvalue weighted by Gasteiger charge is 2.05. The summed E-state index contributed by atoms with van der Waals surface area (Å²) in [4.78, 5) is 12.2. The van der Waals surface area contributed by atoms with Gasteiger partial charge in [-0.25, -0.2) is 0 Å². The van der Waals surface area contributed by atoms with Crippen LogP contribution < -0.4 is 11.3 Å². The summed E-state index contributed by atoms with van der Waals surface area (Å²) in [6, 6.07) is 11.2. The minimum absolute atomic E-state index is 0.128. The standard InChI is InChI=1S/C13H11BrN2OS/c14-10-4-1-3-9(7-10)8-16-6-2-5-11(12(15)18)13(16)17/h1-7H,8H2,(H2,15,18). The highest BCUT2D eigenvalue weighted by atomic mass is 79.9. The highest BCUT2D eigenvalue weighted by Crippen LogP contribution is 2.12. The second-order valence-electron chi connectivity index (χ2n) is 3.85. The Hall–Kier alpha value is -1.46. The Morgan fingerprint density at radius 2 is 2.11 bits per heavy atom. The third-order valence-electron chi connectivity index (χ3n) is 2.53. The Morgan fingerprint density at radius 1 is 1.33 bits per heavy atom. The Bertz CT molecular complexity index is 651. The van der Waals surface area contributed by atoms with Crippen molar-refractivity contribution in [1.82, 2.24) is 4.57 Å². The average molecular weight is 323 g/mol. The van der Waals surface area contributed by atoms with Crippen molar-refractivity contribution in [2.24, 2.45) is 5.73 Å². The molecule has 1 aromatic carbocycles. The molecule has 0 aliphatic rings. The fourth-order valence-corrected chi connectivity index (χ4v) is 2.28. The molecule has 0 unspecified atom stereocenters. The van der Waals surface area contributed by atoms with Gasteiger partial charge in [-0.2, -0.15) is 0 Å². The summed E-state index contributed by atoms with van der Waals surface area (Å²) >= 11 is 8.26. The van der Waals surface area contributed by atoms with Gasteiger partial charge >= 0.3 is 0 Å². The molecule has 18 heavy (non-hydrogen) atoms. The molecule has 0 bridgehead atoms. The molecule has 0 fully saturated rings. The van der Waals surface area contributed by atoms with Gasteiger partial charge in [0.15, 0.2) is 0 Å². The molecule has 0 aliphatic carbocycles. The molecule has 3 nitrogen and oxygen atoms in total. The minimum atomic E-state index is -0.162. The van der Waals surface area contributed by atoms with Gasteiger partial charge in [0.25, 0.3) is 5.56 Å². The summed E-state index contributed by atoms with van der Waals surface area (Å²) in [6.45, 7) is 0.495. The van der Waals surface area contributed by atoms with Crippen molar-refractivity contribution in [1.29, 1.82) is 0 Å². The van der Waals surface area contributed by atoms with E-state index in [0.717, 1.165) is 10.0 Å². The molecule has 0 spiro atoms. The van der Waals surface area contributed by atoms with E-state index in [0.29, 0.717) is 12.1 Å². The number of hydrogen-bond donors (Lipinski definition) is 1. The molecule has 2 rings (SSSR count). The zero-order valence-corrected chi connectivity index (χ0v) is 11.9. The first kappa shape index (κ1) is 13.0. The van der Waals surface area contributed by atoms with E-state index in [4.69, 9.17) is 18.0 Å². The molecule has 5 heteroatoms. The average Bonchev–Trinajstić information content (AvgIpc) is 2.31. The van der Waals surface area contributed by atoms with E-state index < -0.39 is 0 Å². The summed E-state index contributed by atoms with van der Waals surface area (Å²) in [7, 11) is 0. The van der Waals surface area contributed by atoms with Crippen LogP contribution in [0.5, 0.6) is 0 Å². The quantitative estimate of drug-likeness (QED) is 0.882. The Kier molecular flexibility index (Phi) is 3.93. The van der Waals surface area contributed by atoms with Crippen LogP contribution in [0.4, 0.5) is 0 Å². The van der Waals surface area contributed by atoms with E-state index in [1.54, 1.807) is 22.9 Å². The summed E-state index contributed by atoms with van der Waals surface area (Å²) in [5.41, 5.74) is 6.76. The maximum absolute atomic E-state index is 12.1. The lowest BCUT2D eigenvalue weighted by Crippen LogP contribution is -2.28. The van der Waals surface area contributed by atoms with Crippen molar-refractivity contribution >= 4 is 33.1 Å². The fraction of sp³-hybridized carbons (Fsp3) is 0.0769. The Balaban J connectivity index is 2.38. The lowest BCUT2D eigenvalue weighted by atomic mass is 10.2. The van der Waals surface area contributed by atoms with Crippen molar-refractivity contribution in [3.8, 4) is 0 Å². The SMILES string of the molecule is NC(=S)c1cccn(Cc2cccc(Br)c2)c1=O. The smallest absolute Gasteiger partial charge is 0.261 e. The van der Waals surface area contributed by atoms with Crippen molar-refractivity contribution in [2.45, 2.75) is 6.54 Å². The van der Waals surface area contributed by atoms with E-state index in [1.165, 1.54) is 0 Å². The lowest BCUT2D eigenvalue weighted by molar-refractivity contribution is 0.757. The minimum Gasteiger partial charge on any atom is -0.389 e. The van der Waals surface area contributed by atoms with Crippen LogP contribution in [0.25, 0.3) is 0 Å². The predicted molar refractivity (Wildman–Crippen MR) is 79.8 cm³/mol. The molecule has 0 radical (unpaired) electrons. The lowest BCUT2D eigenvalue weighted by Gasteiger charge is -2.07. The third kappa shape index (κ3) is 2.86. The van der Waals surface area contributed by atoms with Gasteiger partial charge in [-0.3, -0.25) is 4.79 Å². The van der Waals surface area contributed by atoms with Crippen LogP contribution in [-0.4, -0.2) is 9.56 Å². The van der Waals surface area contributed by atoms with Crippen LogP contribution in [0, 0.1) is 0 Å². The molecule has 92 valence electrons. The van der Waals surface area contributed by atoms with E-state index in [9.17, 15) is 4.79 Å². The number of nitrogens with two attached hydrogens (primary N) is 1. The predicted octanol–water partition coefficient (Wildman–Crippen LogP) is 2.29. The summed E-state index contributed by atoms with van der Waals surface area (Å²) in [6.07, 6.45) is 1.73. The van der Waals surface area contributed by atoms with Crippen LogP contribution in [0.2, 0.25) is 0 Å². The number of benzene rings is 1. The molecule has 2 aromatic rings. The Morgan fingerprint density at radius 3 is 2.78 bits per heavy atom. The first-order valence-electron chi connectivity index (χ1n) is 5.31. The van der Waals surface area contributed by atoms with Crippen molar-refractivity contribution in [3.63, 3.8) is 0 Å². The van der Waals surface area contributed by atoms with E-state index in [2.05, 4.69) is 15.9 Å². The zero-order chi connectivity index (χ0) is 13.1. The van der Waals surface area contributed by atoms with Crippen molar-refractivity contribution < 1.29 is 0 Å². The largest absolute Gasteiger partial charge is 0.389 e. The summed E-state index contributed by atoms with van der Waals surface area (Å²) in [5.74, 6) is 0. The molecule has 0 saturated heterocycles. The number of hydrogen-bond acceptors (Lipinski definition) is 2. The maximum Gasteiger partial charge on any atom is 0.261 e. The molecular weight excluding hydrogens is 312 g/mol. The molecule has 0 atom stereocenters. The second-order valence-corrected chi connectivity index (χ2v) is 5.20. The second kappa shape index (κ2) is 5.46. The van der Waals surface area contributed by atoms with Crippen LogP contribution in [0.3, 0.4) is 0 Å². The topological polar surface area (TPSA) is 48.0 Å². The first-order valence-corrected chi connectivity index (χ1v) is 6.52. The monoisotopic (exact) mass is 322 g/mol. The molecule has 0 amide bonds. The molecule has 0 aliphatic heterocycles. The van der Waals surface area contributed by atoms with Crippen LogP contribution in [0.15, 0.2) is 51.9 Å². The molecule has 2 N–H and O–H groups in total. The van der Waals surface area contributed by atoms with Gasteiger partial charge in [0.2, 0.25) is 0 Å². The number of nitrogens with zero attached hydrogens (tertiary/aromatic N) is 1. The Labute approximate surface area is 118 Å².